The maximum absolute atomic E-state index is 12.7. The van der Waals surface area contributed by atoms with Crippen LogP contribution in [-0.4, -0.2) is 24.0 Å². The molecule has 1 amide bonds. The molecule has 1 aliphatic heterocycles. The molecule has 0 unspecified atom stereocenters. The summed E-state index contributed by atoms with van der Waals surface area (Å²) in [5.41, 5.74) is 4.90. The fraction of sp³-hybridized carbons (Fsp3) is 0.214. The number of nitrogens with one attached hydrogen (secondary N) is 1. The van der Waals surface area contributed by atoms with Crippen molar-refractivity contribution in [3.63, 3.8) is 0 Å². The number of hydrogen-bond acceptors (Lipinski definition) is 3. The van der Waals surface area contributed by atoms with Gasteiger partial charge in [0.2, 0.25) is 0 Å². The second-order valence-electron chi connectivity index (χ2n) is 8.54. The molecule has 0 bridgehead atoms. The number of rotatable bonds is 5. The van der Waals surface area contributed by atoms with E-state index in [0.717, 1.165) is 36.3 Å². The van der Waals surface area contributed by atoms with E-state index in [2.05, 4.69) is 57.7 Å². The van der Waals surface area contributed by atoms with Crippen molar-refractivity contribution in [2.75, 3.05) is 23.3 Å². The lowest BCUT2D eigenvalue weighted by Gasteiger charge is -2.33. The first-order valence-corrected chi connectivity index (χ1v) is 11.3. The van der Waals surface area contributed by atoms with Gasteiger partial charge in [0.15, 0.2) is 0 Å². The normalized spacial score (nSPS) is 14.4. The summed E-state index contributed by atoms with van der Waals surface area (Å²) in [6.45, 7) is 2.12. The van der Waals surface area contributed by atoms with Crippen LogP contribution in [0.2, 0.25) is 0 Å². The van der Waals surface area contributed by atoms with Crippen molar-refractivity contribution in [2.24, 2.45) is 5.92 Å². The summed E-state index contributed by atoms with van der Waals surface area (Å²) in [7, 11) is 0. The number of pyridine rings is 1. The van der Waals surface area contributed by atoms with Crippen LogP contribution in [0.25, 0.3) is 10.9 Å². The Hall–Kier alpha value is -3.66. The molecule has 1 N–H and O–H groups in total. The summed E-state index contributed by atoms with van der Waals surface area (Å²) in [4.78, 5) is 19.5. The van der Waals surface area contributed by atoms with Gasteiger partial charge in [-0.25, -0.2) is 0 Å². The summed E-state index contributed by atoms with van der Waals surface area (Å²) >= 11 is 0. The summed E-state index contributed by atoms with van der Waals surface area (Å²) in [5.74, 6) is 0.629. The lowest BCUT2D eigenvalue weighted by molar-refractivity contribution is 0.102. The fourth-order valence-corrected chi connectivity index (χ4v) is 4.51. The van der Waals surface area contributed by atoms with E-state index in [9.17, 15) is 4.79 Å². The van der Waals surface area contributed by atoms with E-state index < -0.39 is 0 Å². The van der Waals surface area contributed by atoms with E-state index in [1.807, 2.05) is 42.5 Å². The molecule has 5 rings (SSSR count). The molecule has 4 aromatic rings. The summed E-state index contributed by atoms with van der Waals surface area (Å²) in [6.07, 6.45) is 5.27. The minimum absolute atomic E-state index is 0.116. The number of anilines is 2. The van der Waals surface area contributed by atoms with Crippen LogP contribution in [0.15, 0.2) is 91.1 Å². The molecule has 0 saturated carbocycles. The molecule has 2 heterocycles. The third kappa shape index (κ3) is 4.65. The van der Waals surface area contributed by atoms with Gasteiger partial charge in [0.1, 0.15) is 0 Å². The van der Waals surface area contributed by atoms with Gasteiger partial charge in [-0.3, -0.25) is 9.78 Å². The molecule has 0 atom stereocenters. The number of fused-ring (bicyclic) bond motifs is 1. The van der Waals surface area contributed by atoms with Crippen LogP contribution in [0.3, 0.4) is 0 Å². The molecule has 0 radical (unpaired) electrons. The Balaban J connectivity index is 1.18. The summed E-state index contributed by atoms with van der Waals surface area (Å²) in [6, 6.07) is 28.6. The molecule has 1 aliphatic rings. The monoisotopic (exact) mass is 421 g/mol. The van der Waals surface area contributed by atoms with Crippen molar-refractivity contribution in [3.8, 4) is 0 Å². The SMILES string of the molecule is O=C(Nc1cnc2ccccc2c1)c1ccc(N2CCC(Cc3ccccc3)CC2)cc1. The quantitative estimate of drug-likeness (QED) is 0.433. The smallest absolute Gasteiger partial charge is 0.255 e. The number of benzene rings is 3. The van der Waals surface area contributed by atoms with Crippen molar-refractivity contribution in [3.05, 3.63) is 102 Å². The fourth-order valence-electron chi connectivity index (χ4n) is 4.51. The van der Waals surface area contributed by atoms with E-state index in [4.69, 9.17) is 0 Å². The van der Waals surface area contributed by atoms with Crippen LogP contribution >= 0.6 is 0 Å². The highest BCUT2D eigenvalue weighted by Gasteiger charge is 2.20. The van der Waals surface area contributed by atoms with Crippen LogP contribution in [0.4, 0.5) is 11.4 Å². The van der Waals surface area contributed by atoms with E-state index in [1.54, 1.807) is 6.20 Å². The first-order chi connectivity index (χ1) is 15.7. The first-order valence-electron chi connectivity index (χ1n) is 11.3. The minimum atomic E-state index is -0.116. The van der Waals surface area contributed by atoms with E-state index in [1.165, 1.54) is 24.1 Å². The second kappa shape index (κ2) is 9.23. The number of amides is 1. The Labute approximate surface area is 188 Å². The van der Waals surface area contributed by atoms with Crippen LogP contribution in [0, 0.1) is 5.92 Å². The highest BCUT2D eigenvalue weighted by atomic mass is 16.1. The van der Waals surface area contributed by atoms with Crippen LogP contribution in [0.5, 0.6) is 0 Å². The van der Waals surface area contributed by atoms with Crippen molar-refractivity contribution in [1.29, 1.82) is 0 Å². The minimum Gasteiger partial charge on any atom is -0.372 e. The molecular formula is C28H27N3O. The van der Waals surface area contributed by atoms with Gasteiger partial charge in [-0.1, -0.05) is 48.5 Å². The number of hydrogen-bond donors (Lipinski definition) is 1. The number of aromatic nitrogens is 1. The zero-order valence-corrected chi connectivity index (χ0v) is 18.1. The van der Waals surface area contributed by atoms with E-state index in [0.29, 0.717) is 11.3 Å². The summed E-state index contributed by atoms with van der Waals surface area (Å²) < 4.78 is 0. The van der Waals surface area contributed by atoms with Gasteiger partial charge >= 0.3 is 0 Å². The molecule has 1 saturated heterocycles. The number of carbonyl (C=O) groups is 1. The highest BCUT2D eigenvalue weighted by Crippen LogP contribution is 2.26. The Morgan fingerprint density at radius 2 is 1.62 bits per heavy atom. The standard InChI is InChI=1S/C28H27N3O/c32-28(30-25-19-24-8-4-5-9-27(24)29-20-25)23-10-12-26(13-11-23)31-16-14-22(15-17-31)18-21-6-2-1-3-7-21/h1-13,19-20,22H,14-18H2,(H,30,32). The first kappa shape index (κ1) is 20.3. The largest absolute Gasteiger partial charge is 0.372 e. The number of piperidine rings is 1. The second-order valence-corrected chi connectivity index (χ2v) is 8.54. The molecule has 0 aliphatic carbocycles. The van der Waals surface area contributed by atoms with Crippen molar-refractivity contribution >= 4 is 28.2 Å². The Bertz CT molecular complexity index is 1200. The maximum atomic E-state index is 12.7. The van der Waals surface area contributed by atoms with Gasteiger partial charge in [-0.05, 0) is 67.1 Å². The highest BCUT2D eigenvalue weighted by molar-refractivity contribution is 6.05. The Kier molecular flexibility index (Phi) is 5.84. The van der Waals surface area contributed by atoms with Gasteiger partial charge < -0.3 is 10.2 Å². The lowest BCUT2D eigenvalue weighted by atomic mass is 9.90. The zero-order chi connectivity index (χ0) is 21.8. The Morgan fingerprint density at radius 1 is 0.906 bits per heavy atom. The van der Waals surface area contributed by atoms with Gasteiger partial charge in [-0.15, -0.1) is 0 Å². The molecule has 1 fully saturated rings. The molecular weight excluding hydrogens is 394 g/mol. The molecule has 4 heteroatoms. The average Bonchev–Trinajstić information content (AvgIpc) is 2.85. The van der Waals surface area contributed by atoms with E-state index >= 15 is 0 Å². The molecule has 0 spiro atoms. The molecule has 3 aromatic carbocycles. The molecule has 32 heavy (non-hydrogen) atoms. The van der Waals surface area contributed by atoms with Gasteiger partial charge in [0.05, 0.1) is 17.4 Å². The zero-order valence-electron chi connectivity index (χ0n) is 18.1. The van der Waals surface area contributed by atoms with Crippen molar-refractivity contribution in [1.82, 2.24) is 4.98 Å². The van der Waals surface area contributed by atoms with Crippen molar-refractivity contribution in [2.45, 2.75) is 19.3 Å². The topological polar surface area (TPSA) is 45.2 Å². The van der Waals surface area contributed by atoms with Gasteiger partial charge in [0.25, 0.3) is 5.91 Å². The van der Waals surface area contributed by atoms with Crippen LogP contribution in [0.1, 0.15) is 28.8 Å². The average molecular weight is 422 g/mol. The van der Waals surface area contributed by atoms with Crippen LogP contribution in [-0.2, 0) is 6.42 Å². The van der Waals surface area contributed by atoms with Crippen LogP contribution < -0.4 is 10.2 Å². The molecule has 1 aromatic heterocycles. The number of para-hydroxylation sites is 1. The predicted octanol–water partition coefficient (Wildman–Crippen LogP) is 5.95. The number of carbonyl (C=O) groups excluding carboxylic acids is 1. The maximum Gasteiger partial charge on any atom is 0.255 e. The lowest BCUT2D eigenvalue weighted by Crippen LogP contribution is -2.34. The van der Waals surface area contributed by atoms with E-state index in [-0.39, 0.29) is 5.91 Å². The third-order valence-corrected chi connectivity index (χ3v) is 6.32. The van der Waals surface area contributed by atoms with Gasteiger partial charge in [0, 0.05) is 29.7 Å². The molecule has 160 valence electrons. The number of nitrogens with zero attached hydrogens (tertiary/aromatic N) is 2. The predicted molar refractivity (Wildman–Crippen MR) is 131 cm³/mol. The Morgan fingerprint density at radius 3 is 2.41 bits per heavy atom. The third-order valence-electron chi connectivity index (χ3n) is 6.32. The molecule has 4 nitrogen and oxygen atoms in total. The summed E-state index contributed by atoms with van der Waals surface area (Å²) in [5, 5.41) is 3.97. The van der Waals surface area contributed by atoms with Crippen molar-refractivity contribution < 1.29 is 4.79 Å². The van der Waals surface area contributed by atoms with Gasteiger partial charge in [-0.2, -0.15) is 0 Å².